The molecule has 1 aromatic carbocycles. The minimum Gasteiger partial charge on any atom is -0.316 e. The fraction of sp³-hybridized carbons (Fsp3) is 0.385. The van der Waals surface area contributed by atoms with E-state index in [1.165, 1.54) is 12.1 Å². The Labute approximate surface area is 110 Å². The number of rotatable bonds is 2. The Bertz CT molecular complexity index is 392. The molecule has 5 heteroatoms. The summed E-state index contributed by atoms with van der Waals surface area (Å²) in [6, 6.07) is 5.24. The van der Waals surface area contributed by atoms with Gasteiger partial charge in [0.25, 0.3) is 0 Å². The van der Waals surface area contributed by atoms with Crippen molar-refractivity contribution in [1.29, 1.82) is 0 Å². The summed E-state index contributed by atoms with van der Waals surface area (Å²) in [5.74, 6) is 0.497. The van der Waals surface area contributed by atoms with E-state index in [0.29, 0.717) is 5.92 Å². The molecule has 100 valence electrons. The molecular formula is C13H15ClF3N. The standard InChI is InChI=1S/C13H14F3N.ClH/c14-13(15,16)12-5-3-10(4-6-12)1-2-11-7-8-17-9-11;/h1-6,11,17H,7-9H2;1H. The van der Waals surface area contributed by atoms with Crippen LogP contribution in [0, 0.1) is 5.92 Å². The van der Waals surface area contributed by atoms with E-state index in [-0.39, 0.29) is 12.4 Å². The lowest BCUT2D eigenvalue weighted by Crippen LogP contribution is -2.07. The molecule has 1 saturated heterocycles. The molecule has 2 rings (SSSR count). The summed E-state index contributed by atoms with van der Waals surface area (Å²) in [6.45, 7) is 1.97. The van der Waals surface area contributed by atoms with Gasteiger partial charge in [-0.3, -0.25) is 0 Å². The Morgan fingerprint density at radius 3 is 2.33 bits per heavy atom. The maximum atomic E-state index is 12.3. The molecule has 1 N–H and O–H groups in total. The van der Waals surface area contributed by atoms with Gasteiger partial charge >= 0.3 is 6.18 Å². The number of nitrogens with one attached hydrogen (secondary N) is 1. The smallest absolute Gasteiger partial charge is 0.316 e. The predicted molar refractivity (Wildman–Crippen MR) is 68.7 cm³/mol. The maximum Gasteiger partial charge on any atom is 0.416 e. The molecule has 1 fully saturated rings. The molecule has 1 nitrogen and oxygen atoms in total. The number of hydrogen-bond donors (Lipinski definition) is 1. The molecule has 0 saturated carbocycles. The molecule has 0 amide bonds. The molecule has 0 bridgehead atoms. The van der Waals surface area contributed by atoms with Crippen molar-refractivity contribution in [2.24, 2.45) is 5.92 Å². The van der Waals surface area contributed by atoms with E-state index in [0.717, 1.165) is 37.2 Å². The normalized spacial score (nSPS) is 20.1. The second-order valence-electron chi connectivity index (χ2n) is 4.23. The maximum absolute atomic E-state index is 12.3. The highest BCUT2D eigenvalue weighted by Gasteiger charge is 2.29. The van der Waals surface area contributed by atoms with Crippen LogP contribution in [0.2, 0.25) is 0 Å². The van der Waals surface area contributed by atoms with E-state index in [1.807, 2.05) is 6.08 Å². The first kappa shape index (κ1) is 15.1. The number of hydrogen-bond acceptors (Lipinski definition) is 1. The molecule has 1 heterocycles. The van der Waals surface area contributed by atoms with Gasteiger partial charge in [-0.2, -0.15) is 13.2 Å². The van der Waals surface area contributed by atoms with E-state index in [9.17, 15) is 13.2 Å². The highest BCUT2D eigenvalue weighted by Crippen LogP contribution is 2.29. The first-order chi connectivity index (χ1) is 8.05. The SMILES string of the molecule is Cl.FC(F)(F)c1ccc(C=CC2CCNC2)cc1. The molecule has 0 radical (unpaired) electrons. The Morgan fingerprint density at radius 2 is 1.83 bits per heavy atom. The van der Waals surface area contributed by atoms with Crippen molar-refractivity contribution in [1.82, 2.24) is 5.32 Å². The van der Waals surface area contributed by atoms with Crippen LogP contribution in [-0.4, -0.2) is 13.1 Å². The van der Waals surface area contributed by atoms with Crippen molar-refractivity contribution in [3.8, 4) is 0 Å². The summed E-state index contributed by atoms with van der Waals surface area (Å²) in [5, 5.41) is 3.24. The lowest BCUT2D eigenvalue weighted by molar-refractivity contribution is -0.137. The van der Waals surface area contributed by atoms with Gasteiger partial charge in [0, 0.05) is 6.54 Å². The van der Waals surface area contributed by atoms with Crippen LogP contribution in [0.3, 0.4) is 0 Å². The lowest BCUT2D eigenvalue weighted by Gasteiger charge is -2.06. The molecule has 0 aliphatic carbocycles. The fourth-order valence-electron chi connectivity index (χ4n) is 1.87. The average Bonchev–Trinajstić information content (AvgIpc) is 2.78. The van der Waals surface area contributed by atoms with Crippen LogP contribution in [0.25, 0.3) is 6.08 Å². The van der Waals surface area contributed by atoms with Crippen LogP contribution in [0.4, 0.5) is 13.2 Å². The van der Waals surface area contributed by atoms with Crippen molar-refractivity contribution in [2.45, 2.75) is 12.6 Å². The van der Waals surface area contributed by atoms with E-state index in [2.05, 4.69) is 11.4 Å². The topological polar surface area (TPSA) is 12.0 Å². The Kier molecular flexibility index (Phi) is 5.23. The zero-order valence-electron chi connectivity index (χ0n) is 9.70. The van der Waals surface area contributed by atoms with Gasteiger partial charge in [0.15, 0.2) is 0 Å². The highest BCUT2D eigenvalue weighted by molar-refractivity contribution is 5.85. The molecule has 1 unspecified atom stereocenters. The van der Waals surface area contributed by atoms with Crippen molar-refractivity contribution < 1.29 is 13.2 Å². The van der Waals surface area contributed by atoms with Gasteiger partial charge < -0.3 is 5.32 Å². The van der Waals surface area contributed by atoms with Gasteiger partial charge in [0.1, 0.15) is 0 Å². The summed E-state index contributed by atoms with van der Waals surface area (Å²) >= 11 is 0. The van der Waals surface area contributed by atoms with E-state index in [1.54, 1.807) is 0 Å². The third-order valence-electron chi connectivity index (χ3n) is 2.90. The van der Waals surface area contributed by atoms with Gasteiger partial charge in [-0.05, 0) is 36.6 Å². The van der Waals surface area contributed by atoms with Gasteiger partial charge in [-0.15, -0.1) is 12.4 Å². The average molecular weight is 278 g/mol. The van der Waals surface area contributed by atoms with E-state index >= 15 is 0 Å². The van der Waals surface area contributed by atoms with Gasteiger partial charge in [-0.25, -0.2) is 0 Å². The summed E-state index contributed by atoms with van der Waals surface area (Å²) in [7, 11) is 0. The molecule has 0 aromatic heterocycles. The third kappa shape index (κ3) is 4.03. The van der Waals surface area contributed by atoms with Gasteiger partial charge in [-0.1, -0.05) is 24.3 Å². The van der Waals surface area contributed by atoms with E-state index in [4.69, 9.17) is 0 Å². The summed E-state index contributed by atoms with van der Waals surface area (Å²) in [4.78, 5) is 0. The van der Waals surface area contributed by atoms with Crippen molar-refractivity contribution in [3.63, 3.8) is 0 Å². The molecule has 1 aliphatic heterocycles. The van der Waals surface area contributed by atoms with Crippen LogP contribution in [0.1, 0.15) is 17.5 Å². The molecule has 1 atom stereocenters. The second-order valence-corrected chi connectivity index (χ2v) is 4.23. The molecule has 0 spiro atoms. The fourth-order valence-corrected chi connectivity index (χ4v) is 1.87. The monoisotopic (exact) mass is 277 g/mol. The van der Waals surface area contributed by atoms with Crippen LogP contribution >= 0.6 is 12.4 Å². The molecule has 1 aromatic rings. The van der Waals surface area contributed by atoms with Crippen LogP contribution in [-0.2, 0) is 6.18 Å². The zero-order chi connectivity index (χ0) is 12.3. The Hall–Kier alpha value is -1.00. The molecule has 1 aliphatic rings. The summed E-state index contributed by atoms with van der Waals surface area (Å²) in [6.07, 6.45) is 0.787. The zero-order valence-corrected chi connectivity index (χ0v) is 10.5. The summed E-state index contributed by atoms with van der Waals surface area (Å²) < 4.78 is 37.0. The first-order valence-electron chi connectivity index (χ1n) is 5.62. The quantitative estimate of drug-likeness (QED) is 0.868. The van der Waals surface area contributed by atoms with Crippen LogP contribution in [0.15, 0.2) is 30.3 Å². The van der Waals surface area contributed by atoms with Crippen molar-refractivity contribution in [2.75, 3.05) is 13.1 Å². The van der Waals surface area contributed by atoms with Gasteiger partial charge in [0.05, 0.1) is 5.56 Å². The molecule has 18 heavy (non-hydrogen) atoms. The van der Waals surface area contributed by atoms with Gasteiger partial charge in [0.2, 0.25) is 0 Å². The highest BCUT2D eigenvalue weighted by atomic mass is 35.5. The number of benzene rings is 1. The minimum atomic E-state index is -4.25. The number of halogens is 4. The lowest BCUT2D eigenvalue weighted by atomic mass is 10.1. The van der Waals surface area contributed by atoms with Crippen LogP contribution in [0.5, 0.6) is 0 Å². The Morgan fingerprint density at radius 1 is 1.17 bits per heavy atom. The first-order valence-corrected chi connectivity index (χ1v) is 5.62. The second kappa shape index (κ2) is 6.25. The van der Waals surface area contributed by atoms with Crippen molar-refractivity contribution in [3.05, 3.63) is 41.5 Å². The largest absolute Gasteiger partial charge is 0.416 e. The Balaban J connectivity index is 0.00000162. The number of alkyl halides is 3. The van der Waals surface area contributed by atoms with Crippen molar-refractivity contribution >= 4 is 18.5 Å². The summed E-state index contributed by atoms with van der Waals surface area (Å²) in [5.41, 5.74) is 0.210. The molecular weight excluding hydrogens is 263 g/mol. The minimum absolute atomic E-state index is 0. The van der Waals surface area contributed by atoms with E-state index < -0.39 is 11.7 Å². The third-order valence-corrected chi connectivity index (χ3v) is 2.90. The van der Waals surface area contributed by atoms with Crippen LogP contribution < -0.4 is 5.32 Å². The predicted octanol–water partition coefficient (Wildman–Crippen LogP) is 3.75.